The van der Waals surface area contributed by atoms with Crippen LogP contribution in [0.5, 0.6) is 0 Å². The molecule has 1 unspecified atom stereocenters. The molecule has 6 nitrogen and oxygen atoms in total. The molecule has 1 aromatic rings. The predicted octanol–water partition coefficient (Wildman–Crippen LogP) is 3.93. The van der Waals surface area contributed by atoms with Gasteiger partial charge in [-0.15, -0.1) is 12.4 Å². The summed E-state index contributed by atoms with van der Waals surface area (Å²) in [7, 11) is 0. The van der Waals surface area contributed by atoms with Crippen molar-refractivity contribution in [3.63, 3.8) is 0 Å². The molecule has 8 heteroatoms. The molecule has 0 radical (unpaired) electrons. The lowest BCUT2D eigenvalue weighted by Gasteiger charge is -2.21. The molecule has 0 bridgehead atoms. The quantitative estimate of drug-likeness (QED) is 0.554. The van der Waals surface area contributed by atoms with E-state index in [0.717, 1.165) is 19.3 Å². The first kappa shape index (κ1) is 24.5. The zero-order valence-electron chi connectivity index (χ0n) is 15.8. The van der Waals surface area contributed by atoms with Crippen LogP contribution < -0.4 is 21.7 Å². The molecule has 1 atom stereocenters. The number of nitrogens with two attached hydrogens (primary N) is 1. The predicted molar refractivity (Wildman–Crippen MR) is 110 cm³/mol. The smallest absolute Gasteiger partial charge is 0.319 e. The molecule has 26 heavy (non-hydrogen) atoms. The van der Waals surface area contributed by atoms with Gasteiger partial charge in [0.15, 0.2) is 0 Å². The van der Waals surface area contributed by atoms with Crippen LogP contribution in [0.4, 0.5) is 10.5 Å². The van der Waals surface area contributed by atoms with E-state index in [1.165, 1.54) is 0 Å². The summed E-state index contributed by atoms with van der Waals surface area (Å²) < 4.78 is 0. The van der Waals surface area contributed by atoms with Crippen LogP contribution in [0.2, 0.25) is 5.02 Å². The van der Waals surface area contributed by atoms with E-state index >= 15 is 0 Å². The topological polar surface area (TPSA) is 96.2 Å². The maximum Gasteiger partial charge on any atom is 0.319 e. The van der Waals surface area contributed by atoms with Gasteiger partial charge in [0.05, 0.1) is 10.6 Å². The van der Waals surface area contributed by atoms with Gasteiger partial charge in [-0.2, -0.15) is 0 Å². The minimum atomic E-state index is -0.357. The van der Waals surface area contributed by atoms with E-state index in [2.05, 4.69) is 22.9 Å². The van der Waals surface area contributed by atoms with Gasteiger partial charge >= 0.3 is 6.03 Å². The normalized spacial score (nSPS) is 11.9. The first-order chi connectivity index (χ1) is 11.7. The van der Waals surface area contributed by atoms with Crippen LogP contribution in [0.25, 0.3) is 0 Å². The number of hydrogen-bond acceptors (Lipinski definition) is 3. The Bertz CT molecular complexity index is 603. The number of benzene rings is 1. The first-order valence-corrected chi connectivity index (χ1v) is 8.93. The molecule has 0 aliphatic rings. The van der Waals surface area contributed by atoms with Crippen molar-refractivity contribution in [1.29, 1.82) is 0 Å². The molecule has 0 fully saturated rings. The van der Waals surface area contributed by atoms with Gasteiger partial charge < -0.3 is 21.7 Å². The third-order valence-corrected chi connectivity index (χ3v) is 3.81. The molecule has 0 spiro atoms. The summed E-state index contributed by atoms with van der Waals surface area (Å²) in [5, 5.41) is 8.73. The maximum absolute atomic E-state index is 12.5. The summed E-state index contributed by atoms with van der Waals surface area (Å²) in [5.74, 6) is -0.295. The fourth-order valence-corrected chi connectivity index (χ4v) is 2.45. The molecule has 0 aliphatic heterocycles. The van der Waals surface area contributed by atoms with E-state index in [9.17, 15) is 9.59 Å². The van der Waals surface area contributed by atoms with Gasteiger partial charge in [0, 0.05) is 23.8 Å². The van der Waals surface area contributed by atoms with Crippen LogP contribution in [-0.4, -0.2) is 30.1 Å². The minimum absolute atomic E-state index is 0. The SMILES string of the molecule is CCCCC(CN)NC(=O)c1cc(NC(=O)NC(C)(C)C)ccc1Cl.Cl. The number of nitrogens with one attached hydrogen (secondary N) is 3. The van der Waals surface area contributed by atoms with Gasteiger partial charge in [0.1, 0.15) is 0 Å². The van der Waals surface area contributed by atoms with Crippen molar-refractivity contribution >= 4 is 41.6 Å². The van der Waals surface area contributed by atoms with Crippen molar-refractivity contribution < 1.29 is 9.59 Å². The molecule has 0 saturated carbocycles. The molecule has 0 aromatic heterocycles. The fraction of sp³-hybridized carbons (Fsp3) is 0.556. The van der Waals surface area contributed by atoms with Crippen molar-refractivity contribution in [3.8, 4) is 0 Å². The van der Waals surface area contributed by atoms with E-state index < -0.39 is 0 Å². The Balaban J connectivity index is 0.00000625. The summed E-state index contributed by atoms with van der Waals surface area (Å²) in [6.45, 7) is 8.11. The average molecular weight is 405 g/mol. The number of carbonyl (C=O) groups excluding carboxylic acids is 2. The number of urea groups is 1. The highest BCUT2D eigenvalue weighted by Gasteiger charge is 2.17. The number of anilines is 1. The van der Waals surface area contributed by atoms with Crippen molar-refractivity contribution in [1.82, 2.24) is 10.6 Å². The molecule has 0 aliphatic carbocycles. The number of halogens is 2. The summed E-state index contributed by atoms with van der Waals surface area (Å²) >= 11 is 6.14. The van der Waals surface area contributed by atoms with Crippen molar-refractivity contribution in [2.45, 2.75) is 58.5 Å². The minimum Gasteiger partial charge on any atom is -0.348 e. The average Bonchev–Trinajstić information content (AvgIpc) is 2.51. The van der Waals surface area contributed by atoms with Gasteiger partial charge in [-0.1, -0.05) is 31.4 Å². The number of rotatable bonds is 7. The zero-order chi connectivity index (χ0) is 19.0. The molecule has 5 N–H and O–H groups in total. The summed E-state index contributed by atoms with van der Waals surface area (Å²) in [5.41, 5.74) is 6.17. The van der Waals surface area contributed by atoms with Crippen LogP contribution >= 0.6 is 24.0 Å². The lowest BCUT2D eigenvalue weighted by atomic mass is 10.1. The highest BCUT2D eigenvalue weighted by atomic mass is 35.5. The van der Waals surface area contributed by atoms with Crippen LogP contribution in [0.15, 0.2) is 18.2 Å². The van der Waals surface area contributed by atoms with Crippen LogP contribution in [0.3, 0.4) is 0 Å². The van der Waals surface area contributed by atoms with E-state index in [1.54, 1.807) is 18.2 Å². The monoisotopic (exact) mass is 404 g/mol. The lowest BCUT2D eigenvalue weighted by Crippen LogP contribution is -2.43. The number of unbranched alkanes of at least 4 members (excludes halogenated alkanes) is 1. The molecule has 0 heterocycles. The van der Waals surface area contributed by atoms with Gasteiger partial charge in [0.2, 0.25) is 0 Å². The second kappa shape index (κ2) is 11.3. The van der Waals surface area contributed by atoms with Gasteiger partial charge in [-0.25, -0.2) is 4.79 Å². The van der Waals surface area contributed by atoms with Crippen molar-refractivity contribution in [2.75, 3.05) is 11.9 Å². The summed E-state index contributed by atoms with van der Waals surface area (Å²) in [4.78, 5) is 24.4. The Morgan fingerprint density at radius 2 is 1.92 bits per heavy atom. The second-order valence-electron chi connectivity index (χ2n) is 7.07. The van der Waals surface area contributed by atoms with Crippen molar-refractivity contribution in [3.05, 3.63) is 28.8 Å². The van der Waals surface area contributed by atoms with E-state index in [-0.39, 0.29) is 35.9 Å². The Hall–Kier alpha value is -1.50. The van der Waals surface area contributed by atoms with E-state index in [0.29, 0.717) is 22.8 Å². The van der Waals surface area contributed by atoms with Crippen molar-refractivity contribution in [2.24, 2.45) is 5.73 Å². The van der Waals surface area contributed by atoms with Crippen LogP contribution in [0.1, 0.15) is 57.3 Å². The summed E-state index contributed by atoms with van der Waals surface area (Å²) in [6.07, 6.45) is 2.85. The highest BCUT2D eigenvalue weighted by molar-refractivity contribution is 6.34. The lowest BCUT2D eigenvalue weighted by molar-refractivity contribution is 0.0936. The van der Waals surface area contributed by atoms with Crippen LogP contribution in [-0.2, 0) is 0 Å². The maximum atomic E-state index is 12.5. The highest BCUT2D eigenvalue weighted by Crippen LogP contribution is 2.21. The molecule has 3 amide bonds. The Kier molecular flexibility index (Phi) is 10.6. The van der Waals surface area contributed by atoms with E-state index in [4.69, 9.17) is 17.3 Å². The Morgan fingerprint density at radius 1 is 1.27 bits per heavy atom. The molecule has 1 aromatic carbocycles. The van der Waals surface area contributed by atoms with Gasteiger partial charge in [0.25, 0.3) is 5.91 Å². The number of amides is 3. The zero-order valence-corrected chi connectivity index (χ0v) is 17.4. The second-order valence-corrected chi connectivity index (χ2v) is 7.48. The third kappa shape index (κ3) is 8.74. The molecular weight excluding hydrogens is 375 g/mol. The van der Waals surface area contributed by atoms with Crippen LogP contribution in [0, 0.1) is 0 Å². The Labute approximate surface area is 167 Å². The molecule has 148 valence electrons. The van der Waals surface area contributed by atoms with Gasteiger partial charge in [-0.3, -0.25) is 4.79 Å². The third-order valence-electron chi connectivity index (χ3n) is 3.48. The first-order valence-electron chi connectivity index (χ1n) is 8.56. The molecular formula is C18H30Cl2N4O2. The summed E-state index contributed by atoms with van der Waals surface area (Å²) in [6, 6.07) is 4.37. The van der Waals surface area contributed by atoms with Gasteiger partial charge in [-0.05, 0) is 45.4 Å². The number of hydrogen-bond donors (Lipinski definition) is 4. The fourth-order valence-electron chi connectivity index (χ4n) is 2.24. The largest absolute Gasteiger partial charge is 0.348 e. The molecule has 1 rings (SSSR count). The number of carbonyl (C=O) groups is 2. The standard InChI is InChI=1S/C18H29ClN4O2.ClH/c1-5-6-7-13(11-20)21-16(24)14-10-12(8-9-15(14)19)22-17(25)23-18(2,3)4;/h8-10,13H,5-7,11,20H2,1-4H3,(H,21,24)(H2,22,23,25);1H. The van der Waals surface area contributed by atoms with E-state index in [1.807, 2.05) is 20.8 Å². The Morgan fingerprint density at radius 3 is 2.46 bits per heavy atom. The molecule has 0 saturated heterocycles.